The van der Waals surface area contributed by atoms with E-state index < -0.39 is 25.0 Å². The van der Waals surface area contributed by atoms with Gasteiger partial charge in [-0.1, -0.05) is 44.2 Å². The zero-order valence-corrected chi connectivity index (χ0v) is 28.3. The number of hydrogen-bond acceptors (Lipinski definition) is 11. The van der Waals surface area contributed by atoms with Gasteiger partial charge in [0.1, 0.15) is 24.2 Å². The van der Waals surface area contributed by atoms with Gasteiger partial charge in [-0.25, -0.2) is 9.97 Å². The topological polar surface area (TPSA) is 145 Å². The van der Waals surface area contributed by atoms with Crippen LogP contribution in [-0.2, 0) is 34.7 Å². The fraction of sp³-hybridized carbons (Fsp3) is 0.333. The molecule has 1 saturated heterocycles. The summed E-state index contributed by atoms with van der Waals surface area (Å²) in [6.07, 6.45) is 5.18. The molecule has 5 aromatic rings. The lowest BCUT2D eigenvalue weighted by molar-refractivity contribution is -0.137. The summed E-state index contributed by atoms with van der Waals surface area (Å²) in [6, 6.07) is 23.4. The maximum atomic E-state index is 12.5. The maximum Gasteiger partial charge on any atom is 0.285 e. The molecule has 2 aromatic heterocycles. The van der Waals surface area contributed by atoms with Crippen molar-refractivity contribution in [2.45, 2.75) is 82.8 Å². The van der Waals surface area contributed by atoms with Crippen molar-refractivity contribution < 1.29 is 26.2 Å². The van der Waals surface area contributed by atoms with E-state index in [-0.39, 0.29) is 42.4 Å². The average molecular weight is 688 g/mol. The average Bonchev–Trinajstić information content (AvgIpc) is 3.77. The third kappa shape index (κ3) is 7.04. The first-order valence-corrected chi connectivity index (χ1v) is 17.1. The lowest BCUT2D eigenvalue weighted by Crippen LogP contribution is -2.50. The molecule has 0 bridgehead atoms. The standard InChI is InChI=1S/C39H39N7O5/c1-39(2,26-4-9-31(10-5-26)49-22-29-15-16-40-36(43-29)38-45-41-23-50-38)27-6-11-32(12-7-27)51-33-18-30(19-33)42-28-8-3-24-20-46(21-25(24)17-28)34-13-14-35(47)44-37(34)48/h3-12,15-17,23,30,33-34,42H,13-14,18-22H2,1-2H3,(H,44,47,48)/i20D,21D. The summed E-state index contributed by atoms with van der Waals surface area (Å²) in [5.41, 5.74) is 5.08. The fourth-order valence-corrected chi connectivity index (χ4v) is 6.70. The fourth-order valence-electron chi connectivity index (χ4n) is 6.70. The van der Waals surface area contributed by atoms with Gasteiger partial charge in [0.25, 0.3) is 5.89 Å². The van der Waals surface area contributed by atoms with Crippen LogP contribution in [0.2, 0.25) is 0 Å². The van der Waals surface area contributed by atoms with Crippen LogP contribution >= 0.6 is 0 Å². The molecule has 3 aliphatic rings. The van der Waals surface area contributed by atoms with Crippen LogP contribution in [0.15, 0.2) is 89.8 Å². The van der Waals surface area contributed by atoms with Crippen LogP contribution in [-0.4, -0.2) is 55.1 Å². The monoisotopic (exact) mass is 687 g/mol. The molecular weight excluding hydrogens is 646 g/mol. The van der Waals surface area contributed by atoms with E-state index in [1.54, 1.807) is 17.2 Å². The van der Waals surface area contributed by atoms with Gasteiger partial charge >= 0.3 is 0 Å². The second-order valence-electron chi connectivity index (χ2n) is 13.6. The molecule has 2 amide bonds. The Balaban J connectivity index is 0.820. The summed E-state index contributed by atoms with van der Waals surface area (Å²) < 4.78 is 35.0. The second kappa shape index (κ2) is 13.6. The Kier molecular flexibility index (Phi) is 8.06. The van der Waals surface area contributed by atoms with Crippen molar-refractivity contribution in [3.8, 4) is 23.2 Å². The third-order valence-corrected chi connectivity index (χ3v) is 9.80. The SMILES string of the molecule is [2H]C1c2ccc(NC3CC(Oc4ccc(C(C)(C)c5ccc(OCc6ccnc(-c7nnco7)n6)cc5)cc4)C3)cc2C([2H])N1C1CCC(=O)NC1=O. The highest BCUT2D eigenvalue weighted by molar-refractivity contribution is 6.00. The molecule has 3 unspecified atom stereocenters. The van der Waals surface area contributed by atoms with Crippen molar-refractivity contribution in [2.24, 2.45) is 0 Å². The van der Waals surface area contributed by atoms with Crippen molar-refractivity contribution in [3.63, 3.8) is 0 Å². The van der Waals surface area contributed by atoms with Gasteiger partial charge in [-0.15, -0.1) is 10.2 Å². The van der Waals surface area contributed by atoms with Gasteiger partial charge in [-0.2, -0.15) is 0 Å². The van der Waals surface area contributed by atoms with Crippen LogP contribution in [0.4, 0.5) is 5.69 Å². The van der Waals surface area contributed by atoms with Gasteiger partial charge in [0.15, 0.2) is 0 Å². The van der Waals surface area contributed by atoms with Gasteiger partial charge in [0.05, 0.1) is 11.7 Å². The smallest absolute Gasteiger partial charge is 0.285 e. The number of ether oxygens (including phenoxy) is 2. The van der Waals surface area contributed by atoms with Gasteiger partial charge in [-0.05, 0) is 71.1 Å². The first-order valence-electron chi connectivity index (χ1n) is 18.2. The number of benzene rings is 3. The van der Waals surface area contributed by atoms with E-state index >= 15 is 0 Å². The summed E-state index contributed by atoms with van der Waals surface area (Å²) in [6.45, 7) is 2.98. The minimum absolute atomic E-state index is 0.0886. The Hall–Kier alpha value is -5.62. The van der Waals surface area contributed by atoms with E-state index in [1.165, 1.54) is 6.39 Å². The Morgan fingerprint density at radius 2 is 1.73 bits per heavy atom. The summed E-state index contributed by atoms with van der Waals surface area (Å²) in [5, 5.41) is 13.4. The van der Waals surface area contributed by atoms with Crippen molar-refractivity contribution in [1.82, 2.24) is 30.4 Å². The molecule has 8 rings (SSSR count). The van der Waals surface area contributed by atoms with Crippen LogP contribution in [0, 0.1) is 0 Å². The molecule has 0 radical (unpaired) electrons. The largest absolute Gasteiger partial charge is 0.490 e. The molecule has 2 fully saturated rings. The molecular formula is C39H39N7O5. The molecule has 3 aromatic carbocycles. The minimum Gasteiger partial charge on any atom is -0.490 e. The van der Waals surface area contributed by atoms with E-state index in [0.717, 1.165) is 52.3 Å². The van der Waals surface area contributed by atoms with E-state index in [1.807, 2.05) is 42.5 Å². The molecule has 51 heavy (non-hydrogen) atoms. The molecule has 12 heteroatoms. The number of piperidine rings is 1. The van der Waals surface area contributed by atoms with Crippen molar-refractivity contribution in [1.29, 1.82) is 0 Å². The summed E-state index contributed by atoms with van der Waals surface area (Å²) >= 11 is 0. The number of fused-ring (bicyclic) bond motifs is 1. The molecule has 3 atom stereocenters. The number of aromatic nitrogens is 4. The Bertz CT molecular complexity index is 2110. The zero-order chi connectivity index (χ0) is 36.7. The predicted octanol–water partition coefficient (Wildman–Crippen LogP) is 5.57. The van der Waals surface area contributed by atoms with Crippen LogP contribution < -0.4 is 20.1 Å². The Labute approximate surface area is 298 Å². The van der Waals surface area contributed by atoms with Crippen LogP contribution in [0.25, 0.3) is 11.7 Å². The van der Waals surface area contributed by atoms with Crippen LogP contribution in [0.1, 0.15) is 70.2 Å². The van der Waals surface area contributed by atoms with E-state index in [9.17, 15) is 9.59 Å². The summed E-state index contributed by atoms with van der Waals surface area (Å²) in [5.74, 6) is 1.44. The normalized spacial score (nSPS) is 23.8. The van der Waals surface area contributed by atoms with E-state index in [0.29, 0.717) is 17.9 Å². The molecule has 1 saturated carbocycles. The number of hydrogen-bond donors (Lipinski definition) is 2. The molecule has 1 aliphatic carbocycles. The minimum atomic E-state index is -0.850. The van der Waals surface area contributed by atoms with Gasteiger partial charge in [-0.3, -0.25) is 19.8 Å². The van der Waals surface area contributed by atoms with Crippen molar-refractivity contribution >= 4 is 17.5 Å². The van der Waals surface area contributed by atoms with E-state index in [4.69, 9.17) is 16.6 Å². The Morgan fingerprint density at radius 1 is 0.980 bits per heavy atom. The van der Waals surface area contributed by atoms with Crippen LogP contribution in [0.5, 0.6) is 11.5 Å². The van der Waals surface area contributed by atoms with E-state index in [2.05, 4.69) is 68.9 Å². The molecule has 4 heterocycles. The summed E-state index contributed by atoms with van der Waals surface area (Å²) in [7, 11) is 0. The van der Waals surface area contributed by atoms with Crippen molar-refractivity contribution in [3.05, 3.63) is 113 Å². The third-order valence-electron chi connectivity index (χ3n) is 9.80. The van der Waals surface area contributed by atoms with Gasteiger partial charge in [0.2, 0.25) is 24.0 Å². The quantitative estimate of drug-likeness (QED) is 0.168. The number of imide groups is 1. The first-order chi connectivity index (χ1) is 25.6. The number of rotatable bonds is 11. The molecule has 2 aliphatic heterocycles. The molecule has 2 N–H and O–H groups in total. The number of nitrogens with zero attached hydrogens (tertiary/aromatic N) is 5. The second-order valence-corrected chi connectivity index (χ2v) is 13.6. The summed E-state index contributed by atoms with van der Waals surface area (Å²) in [4.78, 5) is 34.3. The first kappa shape index (κ1) is 30.2. The van der Waals surface area contributed by atoms with Crippen molar-refractivity contribution in [2.75, 3.05) is 5.32 Å². The van der Waals surface area contributed by atoms with Gasteiger partial charge in [0, 0.05) is 58.4 Å². The number of carbonyl (C=O) groups excluding carboxylic acids is 2. The highest BCUT2D eigenvalue weighted by Crippen LogP contribution is 2.36. The highest BCUT2D eigenvalue weighted by Gasteiger charge is 2.35. The molecule has 12 nitrogen and oxygen atoms in total. The molecule has 0 spiro atoms. The highest BCUT2D eigenvalue weighted by atomic mass is 16.5. The number of anilines is 1. The molecule has 260 valence electrons. The Morgan fingerprint density at radius 3 is 2.45 bits per heavy atom. The van der Waals surface area contributed by atoms with Gasteiger partial charge < -0.3 is 19.2 Å². The lowest BCUT2D eigenvalue weighted by atomic mass is 9.78. The number of amides is 2. The predicted molar refractivity (Wildman–Crippen MR) is 188 cm³/mol. The number of carbonyl (C=O) groups is 2. The maximum absolute atomic E-state index is 12.5. The van der Waals surface area contributed by atoms with Crippen LogP contribution in [0.3, 0.4) is 0 Å². The lowest BCUT2D eigenvalue weighted by Gasteiger charge is -2.36. The number of nitrogens with one attached hydrogen (secondary N) is 2. The zero-order valence-electron chi connectivity index (χ0n) is 30.3.